The van der Waals surface area contributed by atoms with Crippen LogP contribution in [0.15, 0.2) is 106 Å². The Morgan fingerprint density at radius 1 is 0.854 bits per heavy atom. The van der Waals surface area contributed by atoms with E-state index < -0.39 is 28.5 Å². The SMILES string of the molecule is COc1ccc(OC)c(N(CC(=O)N(Cc2ccc(Br)cc2)C(Cc2ccccc2)C(=O)NCC(C)C)S(=O)(=O)c2ccc(C)cc2)c1. The van der Waals surface area contributed by atoms with E-state index in [1.54, 1.807) is 24.3 Å². The van der Waals surface area contributed by atoms with Gasteiger partial charge in [-0.05, 0) is 60.4 Å². The van der Waals surface area contributed by atoms with Crippen molar-refractivity contribution in [2.45, 2.75) is 44.7 Å². The Morgan fingerprint density at radius 3 is 2.12 bits per heavy atom. The van der Waals surface area contributed by atoms with Gasteiger partial charge in [0.05, 0.1) is 24.8 Å². The quantitative estimate of drug-likeness (QED) is 0.152. The zero-order valence-corrected chi connectivity index (χ0v) is 30.3. The van der Waals surface area contributed by atoms with Gasteiger partial charge in [-0.15, -0.1) is 0 Å². The molecule has 254 valence electrons. The fraction of sp³-hybridized carbons (Fsp3) is 0.297. The Labute approximate surface area is 292 Å². The molecule has 9 nitrogen and oxygen atoms in total. The molecular weight excluding hydrogens is 694 g/mol. The molecule has 0 fully saturated rings. The lowest BCUT2D eigenvalue weighted by atomic mass is 10.0. The number of hydrogen-bond donors (Lipinski definition) is 1. The van der Waals surface area contributed by atoms with Gasteiger partial charge in [0.2, 0.25) is 11.8 Å². The maximum atomic E-state index is 14.7. The summed E-state index contributed by atoms with van der Waals surface area (Å²) in [7, 11) is -1.42. The molecule has 0 bridgehead atoms. The lowest BCUT2D eigenvalue weighted by molar-refractivity contribution is -0.140. The first-order chi connectivity index (χ1) is 22.9. The van der Waals surface area contributed by atoms with Crippen molar-refractivity contribution in [1.29, 1.82) is 0 Å². The fourth-order valence-corrected chi connectivity index (χ4v) is 6.79. The number of ether oxygens (including phenoxy) is 2. The van der Waals surface area contributed by atoms with E-state index in [0.717, 1.165) is 25.5 Å². The number of hydrogen-bond acceptors (Lipinski definition) is 6. The van der Waals surface area contributed by atoms with Crippen LogP contribution in [0, 0.1) is 12.8 Å². The van der Waals surface area contributed by atoms with Crippen LogP contribution in [0.4, 0.5) is 5.69 Å². The molecule has 4 aromatic carbocycles. The monoisotopic (exact) mass is 735 g/mol. The second-order valence-corrected chi connectivity index (χ2v) is 14.6. The van der Waals surface area contributed by atoms with Gasteiger partial charge in [0.15, 0.2) is 0 Å². The summed E-state index contributed by atoms with van der Waals surface area (Å²) in [4.78, 5) is 30.1. The second-order valence-electron chi connectivity index (χ2n) is 11.9. The third kappa shape index (κ3) is 9.38. The average molecular weight is 737 g/mol. The number of carbonyl (C=O) groups excluding carboxylic acids is 2. The Hall–Kier alpha value is -4.35. The third-order valence-corrected chi connectivity index (χ3v) is 10.1. The van der Waals surface area contributed by atoms with Gasteiger partial charge in [0, 0.05) is 30.0 Å². The number of amides is 2. The molecule has 4 rings (SSSR count). The van der Waals surface area contributed by atoms with Gasteiger partial charge in [-0.2, -0.15) is 0 Å². The van der Waals surface area contributed by atoms with E-state index >= 15 is 0 Å². The van der Waals surface area contributed by atoms with Crippen molar-refractivity contribution in [3.63, 3.8) is 0 Å². The van der Waals surface area contributed by atoms with Crippen LogP contribution in [0.3, 0.4) is 0 Å². The molecule has 48 heavy (non-hydrogen) atoms. The molecule has 0 aliphatic rings. The van der Waals surface area contributed by atoms with Gasteiger partial charge in [0.1, 0.15) is 24.1 Å². The van der Waals surface area contributed by atoms with Gasteiger partial charge in [-0.3, -0.25) is 13.9 Å². The van der Waals surface area contributed by atoms with Crippen LogP contribution in [0.5, 0.6) is 11.5 Å². The molecule has 0 aromatic heterocycles. The smallest absolute Gasteiger partial charge is 0.264 e. The van der Waals surface area contributed by atoms with Gasteiger partial charge in [-0.25, -0.2) is 8.42 Å². The van der Waals surface area contributed by atoms with E-state index in [1.165, 1.54) is 37.3 Å². The lowest BCUT2D eigenvalue weighted by Gasteiger charge is -2.34. The van der Waals surface area contributed by atoms with Gasteiger partial charge >= 0.3 is 0 Å². The maximum absolute atomic E-state index is 14.7. The van der Waals surface area contributed by atoms with E-state index in [4.69, 9.17) is 9.47 Å². The Kier molecular flexibility index (Phi) is 12.7. The molecule has 1 atom stereocenters. The lowest BCUT2D eigenvalue weighted by Crippen LogP contribution is -2.53. The number of benzene rings is 4. The highest BCUT2D eigenvalue weighted by atomic mass is 79.9. The number of aryl methyl sites for hydroxylation is 1. The zero-order valence-electron chi connectivity index (χ0n) is 27.9. The summed E-state index contributed by atoms with van der Waals surface area (Å²) in [6.45, 7) is 5.71. The van der Waals surface area contributed by atoms with Crippen molar-refractivity contribution in [3.8, 4) is 11.5 Å². The number of rotatable bonds is 15. The number of anilines is 1. The molecule has 0 spiro atoms. The Bertz CT molecular complexity index is 1780. The third-order valence-electron chi connectivity index (χ3n) is 7.76. The minimum absolute atomic E-state index is 0.000689. The van der Waals surface area contributed by atoms with Crippen LogP contribution >= 0.6 is 15.9 Å². The second kappa shape index (κ2) is 16.7. The van der Waals surface area contributed by atoms with Crippen molar-refractivity contribution in [2.75, 3.05) is 31.6 Å². The van der Waals surface area contributed by atoms with Crippen molar-refractivity contribution in [2.24, 2.45) is 5.92 Å². The summed E-state index contributed by atoms with van der Waals surface area (Å²) >= 11 is 3.46. The molecule has 11 heteroatoms. The van der Waals surface area contributed by atoms with Gasteiger partial charge in [-0.1, -0.05) is 89.9 Å². The van der Waals surface area contributed by atoms with Crippen LogP contribution in [0.2, 0.25) is 0 Å². The number of methoxy groups -OCH3 is 2. The molecule has 1 N–H and O–H groups in total. The molecule has 0 aliphatic heterocycles. The predicted molar refractivity (Wildman–Crippen MR) is 192 cm³/mol. The number of carbonyl (C=O) groups is 2. The van der Waals surface area contributed by atoms with E-state index in [9.17, 15) is 18.0 Å². The highest BCUT2D eigenvalue weighted by molar-refractivity contribution is 9.10. The summed E-state index contributed by atoms with van der Waals surface area (Å²) in [6, 6.07) is 27.1. The van der Waals surface area contributed by atoms with Crippen LogP contribution in [-0.2, 0) is 32.6 Å². The summed E-state index contributed by atoms with van der Waals surface area (Å²) in [6.07, 6.45) is 0.222. The standard InChI is InChI=1S/C37H42BrN3O6S/c1-26(2)23-39-37(43)34(21-28-9-7-6-8-10-28)40(24-29-13-15-30(38)16-14-29)36(42)25-41(33-22-31(46-4)17-20-35(33)47-5)48(44,45)32-18-11-27(3)12-19-32/h6-20,22,26,34H,21,23-25H2,1-5H3,(H,39,43). The molecule has 0 saturated carbocycles. The molecule has 0 aliphatic carbocycles. The maximum Gasteiger partial charge on any atom is 0.264 e. The molecule has 2 amide bonds. The van der Waals surface area contributed by atoms with Crippen molar-refractivity contribution >= 4 is 43.5 Å². The Morgan fingerprint density at radius 2 is 1.52 bits per heavy atom. The number of halogens is 1. The summed E-state index contributed by atoms with van der Waals surface area (Å²) in [5, 5.41) is 3.00. The topological polar surface area (TPSA) is 105 Å². The summed E-state index contributed by atoms with van der Waals surface area (Å²) in [5.74, 6) is -0.111. The van der Waals surface area contributed by atoms with Crippen molar-refractivity contribution in [1.82, 2.24) is 10.2 Å². The van der Waals surface area contributed by atoms with Gasteiger partial charge in [0.25, 0.3) is 10.0 Å². The highest BCUT2D eigenvalue weighted by Gasteiger charge is 2.36. The van der Waals surface area contributed by atoms with Crippen LogP contribution < -0.4 is 19.1 Å². The average Bonchev–Trinajstić information content (AvgIpc) is 3.08. The van der Waals surface area contributed by atoms with Crippen LogP contribution in [0.1, 0.15) is 30.5 Å². The first-order valence-electron chi connectivity index (χ1n) is 15.6. The summed E-state index contributed by atoms with van der Waals surface area (Å²) in [5.41, 5.74) is 2.63. The fourth-order valence-electron chi connectivity index (χ4n) is 5.11. The molecule has 0 radical (unpaired) electrons. The van der Waals surface area contributed by atoms with Crippen molar-refractivity contribution in [3.05, 3.63) is 118 Å². The van der Waals surface area contributed by atoms with Gasteiger partial charge < -0.3 is 19.7 Å². The zero-order chi connectivity index (χ0) is 34.8. The Balaban J connectivity index is 1.86. The number of nitrogens with one attached hydrogen (secondary N) is 1. The van der Waals surface area contributed by atoms with Crippen molar-refractivity contribution < 1.29 is 27.5 Å². The van der Waals surface area contributed by atoms with Crippen LogP contribution in [0.25, 0.3) is 0 Å². The molecule has 4 aromatic rings. The van der Waals surface area contributed by atoms with Crippen LogP contribution in [-0.4, -0.2) is 58.5 Å². The first kappa shape index (κ1) is 36.5. The first-order valence-corrected chi connectivity index (χ1v) is 17.8. The normalized spacial score (nSPS) is 11.9. The molecular formula is C37H42BrN3O6S. The molecule has 0 saturated heterocycles. The van der Waals surface area contributed by atoms with E-state index in [2.05, 4.69) is 21.2 Å². The van der Waals surface area contributed by atoms with E-state index in [0.29, 0.717) is 12.3 Å². The minimum atomic E-state index is -4.32. The number of nitrogens with zero attached hydrogens (tertiary/aromatic N) is 2. The molecule has 1 unspecified atom stereocenters. The van der Waals surface area contributed by atoms with E-state index in [-0.39, 0.29) is 41.1 Å². The number of sulfonamides is 1. The molecule has 0 heterocycles. The summed E-state index contributed by atoms with van der Waals surface area (Å²) < 4.78 is 41.7. The highest BCUT2D eigenvalue weighted by Crippen LogP contribution is 2.36. The minimum Gasteiger partial charge on any atom is -0.497 e. The van der Waals surface area contributed by atoms with E-state index in [1.807, 2.05) is 75.4 Å². The predicted octanol–water partition coefficient (Wildman–Crippen LogP) is 6.38. The largest absolute Gasteiger partial charge is 0.497 e.